The lowest BCUT2D eigenvalue weighted by Crippen LogP contribution is -2.27. The van der Waals surface area contributed by atoms with E-state index in [0.29, 0.717) is 23.0 Å². The number of hydrogen-bond donors (Lipinski definition) is 2. The molecule has 7 heteroatoms. The van der Waals surface area contributed by atoms with Gasteiger partial charge in [0.25, 0.3) is 5.91 Å². The van der Waals surface area contributed by atoms with Gasteiger partial charge in [-0.3, -0.25) is 4.79 Å². The quantitative estimate of drug-likeness (QED) is 0.434. The van der Waals surface area contributed by atoms with E-state index in [-0.39, 0.29) is 5.91 Å². The van der Waals surface area contributed by atoms with Crippen molar-refractivity contribution in [3.8, 4) is 28.3 Å². The van der Waals surface area contributed by atoms with Gasteiger partial charge >= 0.3 is 0 Å². The molecule has 0 spiro atoms. The Morgan fingerprint density at radius 3 is 2.73 bits per heavy atom. The number of pyridine rings is 1. The summed E-state index contributed by atoms with van der Waals surface area (Å²) >= 11 is 1.45. The number of thiophene rings is 1. The monoisotopic (exact) mass is 420 g/mol. The molecule has 0 aliphatic heterocycles. The van der Waals surface area contributed by atoms with E-state index in [4.69, 9.17) is 4.74 Å². The summed E-state index contributed by atoms with van der Waals surface area (Å²) in [5.41, 5.74) is 4.40. The number of carbonyl (C=O) groups is 1. The summed E-state index contributed by atoms with van der Waals surface area (Å²) in [4.78, 5) is 25.5. The first kappa shape index (κ1) is 20.1. The molecule has 4 rings (SSSR count). The van der Waals surface area contributed by atoms with Crippen molar-refractivity contribution in [1.29, 1.82) is 0 Å². The Bertz CT molecular complexity index is 1160. The van der Waals surface area contributed by atoms with E-state index < -0.39 is 0 Å². The summed E-state index contributed by atoms with van der Waals surface area (Å²) in [6.07, 6.45) is 2.84. The number of amides is 1. The molecule has 0 aliphatic rings. The zero-order chi connectivity index (χ0) is 21.1. The number of ether oxygens (including phenoxy) is 1. The molecule has 6 nitrogen and oxygen atoms in total. The zero-order valence-electron chi connectivity index (χ0n) is 17.2. The molecule has 2 N–H and O–H groups in total. The second-order valence-corrected chi connectivity index (χ2v) is 8.24. The van der Waals surface area contributed by atoms with Crippen LogP contribution in [0.3, 0.4) is 0 Å². The highest BCUT2D eigenvalue weighted by atomic mass is 32.1. The number of imidazole rings is 1. The molecule has 0 fully saturated rings. The minimum atomic E-state index is -0.0241. The van der Waals surface area contributed by atoms with Crippen molar-refractivity contribution in [2.24, 2.45) is 5.92 Å². The van der Waals surface area contributed by atoms with E-state index in [1.807, 2.05) is 41.8 Å². The zero-order valence-corrected chi connectivity index (χ0v) is 18.0. The third-order valence-corrected chi connectivity index (χ3v) is 6.09. The van der Waals surface area contributed by atoms with Gasteiger partial charge in [-0.2, -0.15) is 0 Å². The van der Waals surface area contributed by atoms with Gasteiger partial charge in [-0.25, -0.2) is 9.97 Å². The van der Waals surface area contributed by atoms with Crippen LogP contribution in [0, 0.1) is 5.92 Å². The lowest BCUT2D eigenvalue weighted by atomic mass is 10.1. The summed E-state index contributed by atoms with van der Waals surface area (Å²) in [6, 6.07) is 11.7. The number of fused-ring (bicyclic) bond motifs is 1. The van der Waals surface area contributed by atoms with E-state index in [1.165, 1.54) is 11.3 Å². The SMILES string of the molecule is CCC(C)CNC(=O)c1cc(-c2cnc3nc(-c4ccc(OC)cc4)[nH]c3c2)cs1. The molecule has 1 aromatic carbocycles. The Morgan fingerprint density at radius 1 is 1.20 bits per heavy atom. The van der Waals surface area contributed by atoms with Crippen LogP contribution in [0.25, 0.3) is 33.7 Å². The van der Waals surface area contributed by atoms with Gasteiger partial charge in [0.05, 0.1) is 17.5 Å². The number of H-pyrrole nitrogens is 1. The van der Waals surface area contributed by atoms with E-state index in [2.05, 4.69) is 34.1 Å². The van der Waals surface area contributed by atoms with Crippen molar-refractivity contribution in [3.63, 3.8) is 0 Å². The minimum Gasteiger partial charge on any atom is -0.497 e. The van der Waals surface area contributed by atoms with Gasteiger partial charge in [-0.1, -0.05) is 20.3 Å². The van der Waals surface area contributed by atoms with Crippen molar-refractivity contribution < 1.29 is 9.53 Å². The maximum absolute atomic E-state index is 12.4. The molecule has 0 radical (unpaired) electrons. The highest BCUT2D eigenvalue weighted by Crippen LogP contribution is 2.28. The first-order valence-electron chi connectivity index (χ1n) is 9.94. The van der Waals surface area contributed by atoms with E-state index >= 15 is 0 Å². The van der Waals surface area contributed by atoms with Crippen LogP contribution < -0.4 is 10.1 Å². The van der Waals surface area contributed by atoms with Crippen LogP contribution in [0.5, 0.6) is 5.75 Å². The highest BCUT2D eigenvalue weighted by Gasteiger charge is 2.13. The first-order valence-corrected chi connectivity index (χ1v) is 10.8. The molecular weight excluding hydrogens is 396 g/mol. The summed E-state index contributed by atoms with van der Waals surface area (Å²) < 4.78 is 5.21. The van der Waals surface area contributed by atoms with Gasteiger partial charge in [0.1, 0.15) is 11.6 Å². The molecule has 3 heterocycles. The Morgan fingerprint density at radius 2 is 2.00 bits per heavy atom. The van der Waals surface area contributed by atoms with Crippen molar-refractivity contribution in [3.05, 3.63) is 52.9 Å². The molecule has 0 saturated carbocycles. The van der Waals surface area contributed by atoms with E-state index in [0.717, 1.165) is 40.2 Å². The molecule has 3 aromatic heterocycles. The third kappa shape index (κ3) is 4.21. The summed E-state index contributed by atoms with van der Waals surface area (Å²) in [5.74, 6) is 2.01. The van der Waals surface area contributed by atoms with Crippen molar-refractivity contribution in [1.82, 2.24) is 20.3 Å². The second kappa shape index (κ2) is 8.67. The van der Waals surface area contributed by atoms with Gasteiger partial charge in [0.2, 0.25) is 0 Å². The maximum Gasteiger partial charge on any atom is 0.261 e. The Kier molecular flexibility index (Phi) is 5.81. The molecule has 1 amide bonds. The average molecular weight is 421 g/mol. The largest absolute Gasteiger partial charge is 0.497 e. The van der Waals surface area contributed by atoms with Crippen LogP contribution in [0.1, 0.15) is 29.9 Å². The number of methoxy groups -OCH3 is 1. The Balaban J connectivity index is 1.55. The van der Waals surface area contributed by atoms with Crippen LogP contribution in [0.2, 0.25) is 0 Å². The fourth-order valence-corrected chi connectivity index (χ4v) is 3.88. The molecule has 1 unspecified atom stereocenters. The summed E-state index contributed by atoms with van der Waals surface area (Å²) in [7, 11) is 1.65. The van der Waals surface area contributed by atoms with Gasteiger partial charge in [-0.15, -0.1) is 11.3 Å². The van der Waals surface area contributed by atoms with Crippen LogP contribution in [-0.4, -0.2) is 34.5 Å². The molecule has 30 heavy (non-hydrogen) atoms. The Labute approximate surface area is 179 Å². The highest BCUT2D eigenvalue weighted by molar-refractivity contribution is 7.12. The van der Waals surface area contributed by atoms with Gasteiger partial charge in [-0.05, 0) is 53.3 Å². The number of nitrogens with zero attached hydrogens (tertiary/aromatic N) is 2. The molecule has 1 atom stereocenters. The van der Waals surface area contributed by atoms with Crippen molar-refractivity contribution in [2.75, 3.05) is 13.7 Å². The van der Waals surface area contributed by atoms with Crippen LogP contribution in [0.15, 0.2) is 48.0 Å². The van der Waals surface area contributed by atoms with E-state index in [1.54, 1.807) is 13.3 Å². The van der Waals surface area contributed by atoms with Crippen molar-refractivity contribution in [2.45, 2.75) is 20.3 Å². The standard InChI is InChI=1S/C23H24N4O2S/c1-4-14(2)11-25-23(28)20-10-17(13-30-20)16-9-19-22(24-12-16)27-21(26-19)15-5-7-18(29-3)8-6-15/h5-10,12-14H,4,11H2,1-3H3,(H,25,28)(H,24,26,27). The second-order valence-electron chi connectivity index (χ2n) is 7.33. The average Bonchev–Trinajstić information content (AvgIpc) is 3.44. The predicted molar refractivity (Wildman–Crippen MR) is 121 cm³/mol. The van der Waals surface area contributed by atoms with Crippen LogP contribution in [0.4, 0.5) is 0 Å². The predicted octanol–water partition coefficient (Wildman–Crippen LogP) is 5.14. The van der Waals surface area contributed by atoms with Crippen LogP contribution >= 0.6 is 11.3 Å². The number of nitrogens with one attached hydrogen (secondary N) is 2. The normalized spacial score (nSPS) is 12.1. The first-order chi connectivity index (χ1) is 14.6. The molecule has 154 valence electrons. The third-order valence-electron chi connectivity index (χ3n) is 5.17. The minimum absolute atomic E-state index is 0.0241. The maximum atomic E-state index is 12.4. The number of rotatable bonds is 7. The number of aromatic amines is 1. The number of carbonyl (C=O) groups excluding carboxylic acids is 1. The number of benzene rings is 1. The molecule has 4 aromatic rings. The molecular formula is C23H24N4O2S. The summed E-state index contributed by atoms with van der Waals surface area (Å²) in [5, 5.41) is 4.99. The molecule has 0 bridgehead atoms. The van der Waals surface area contributed by atoms with Crippen LogP contribution in [-0.2, 0) is 0 Å². The lowest BCUT2D eigenvalue weighted by molar-refractivity contribution is 0.0952. The Hall–Kier alpha value is -3.19. The van der Waals surface area contributed by atoms with Gasteiger partial charge in [0.15, 0.2) is 5.65 Å². The fourth-order valence-electron chi connectivity index (χ4n) is 3.05. The van der Waals surface area contributed by atoms with Gasteiger partial charge in [0, 0.05) is 23.9 Å². The van der Waals surface area contributed by atoms with Gasteiger partial charge < -0.3 is 15.0 Å². The van der Waals surface area contributed by atoms with Crippen molar-refractivity contribution >= 4 is 28.4 Å². The topological polar surface area (TPSA) is 79.9 Å². The van der Waals surface area contributed by atoms with E-state index in [9.17, 15) is 4.79 Å². The molecule has 0 saturated heterocycles. The lowest BCUT2D eigenvalue weighted by Gasteiger charge is -2.08. The smallest absolute Gasteiger partial charge is 0.261 e. The molecule has 0 aliphatic carbocycles. The fraction of sp³-hybridized carbons (Fsp3) is 0.261. The summed E-state index contributed by atoms with van der Waals surface area (Å²) in [6.45, 7) is 4.95. The number of aromatic nitrogens is 3. The number of hydrogen-bond acceptors (Lipinski definition) is 5.